The summed E-state index contributed by atoms with van der Waals surface area (Å²) < 4.78 is 5.08. The smallest absolute Gasteiger partial charge is 0.303 e. The second-order valence-corrected chi connectivity index (χ2v) is 9.28. The van der Waals surface area contributed by atoms with Crippen LogP contribution >= 0.6 is 0 Å². The number of carbonyl (C=O) groups excluding carboxylic acids is 1. The van der Waals surface area contributed by atoms with Crippen molar-refractivity contribution >= 4 is 14.0 Å². The van der Waals surface area contributed by atoms with Gasteiger partial charge in [0.2, 0.25) is 0 Å². The van der Waals surface area contributed by atoms with Gasteiger partial charge in [-0.2, -0.15) is 0 Å². The summed E-state index contributed by atoms with van der Waals surface area (Å²) in [6, 6.07) is 3.80. The molecule has 0 radical (unpaired) electrons. The lowest BCUT2D eigenvalue weighted by atomic mass is 10.4. The Morgan fingerprint density at radius 2 is 1.73 bits per heavy atom. The van der Waals surface area contributed by atoms with Crippen LogP contribution in [-0.4, -0.2) is 20.1 Å². The predicted octanol–water partition coefficient (Wildman–Crippen LogP) is 3.54. The van der Waals surface area contributed by atoms with Crippen LogP contribution in [0.5, 0.6) is 0 Å². The van der Waals surface area contributed by atoms with E-state index in [2.05, 4.69) is 32.5 Å². The Balaban J connectivity index is 4.39. The fraction of sp³-hybridized carbons (Fsp3) is 0.750. The molecule has 0 aliphatic rings. The maximum Gasteiger partial charge on any atom is 0.303 e. The van der Waals surface area contributed by atoms with E-state index >= 15 is 0 Å². The first kappa shape index (κ1) is 14.4. The zero-order valence-corrected chi connectivity index (χ0v) is 11.7. The van der Waals surface area contributed by atoms with Gasteiger partial charge in [-0.1, -0.05) is 50.7 Å². The molecular formula is C12H24O2Si. The molecule has 0 saturated carbocycles. The third kappa shape index (κ3) is 5.16. The van der Waals surface area contributed by atoms with Crippen LogP contribution in [0.3, 0.4) is 0 Å². The average molecular weight is 228 g/mol. The highest BCUT2D eigenvalue weighted by Crippen LogP contribution is 2.21. The van der Waals surface area contributed by atoms with Gasteiger partial charge in [-0.15, -0.1) is 0 Å². The fourth-order valence-electron chi connectivity index (χ4n) is 1.74. The molecule has 0 saturated heterocycles. The van der Waals surface area contributed by atoms with Crippen LogP contribution in [0, 0.1) is 0 Å². The van der Waals surface area contributed by atoms with Crippen LogP contribution in [0.15, 0.2) is 11.8 Å². The van der Waals surface area contributed by atoms with E-state index in [1.807, 2.05) is 6.92 Å². The van der Waals surface area contributed by atoms with Crippen molar-refractivity contribution in [3.63, 3.8) is 0 Å². The molecule has 0 aliphatic heterocycles. The molecule has 15 heavy (non-hydrogen) atoms. The van der Waals surface area contributed by atoms with Crippen LogP contribution in [-0.2, 0) is 9.53 Å². The lowest BCUT2D eigenvalue weighted by molar-refractivity contribution is -0.143. The van der Waals surface area contributed by atoms with Crippen LogP contribution in [0.4, 0.5) is 0 Å². The molecule has 0 aromatic carbocycles. The number of hydrogen-bond acceptors (Lipinski definition) is 2. The zero-order chi connectivity index (χ0) is 11.9. The molecule has 88 valence electrons. The zero-order valence-electron chi connectivity index (χ0n) is 10.7. The van der Waals surface area contributed by atoms with Gasteiger partial charge < -0.3 is 4.74 Å². The lowest BCUT2D eigenvalue weighted by Gasteiger charge is -2.24. The van der Waals surface area contributed by atoms with Crippen molar-refractivity contribution in [1.29, 1.82) is 0 Å². The van der Waals surface area contributed by atoms with Crippen molar-refractivity contribution in [2.45, 2.75) is 58.9 Å². The second-order valence-electron chi connectivity index (χ2n) is 4.10. The summed E-state index contributed by atoms with van der Waals surface area (Å²) in [5.74, 6) is -0.205. The summed E-state index contributed by atoms with van der Waals surface area (Å²) >= 11 is 0. The number of rotatable bonds is 6. The minimum Gasteiger partial charge on any atom is -0.459 e. The highest BCUT2D eigenvalue weighted by Gasteiger charge is 2.23. The van der Waals surface area contributed by atoms with E-state index in [0.717, 1.165) is 0 Å². The van der Waals surface area contributed by atoms with Crippen molar-refractivity contribution in [2.75, 3.05) is 0 Å². The van der Waals surface area contributed by atoms with Crippen LogP contribution in [0.25, 0.3) is 0 Å². The van der Waals surface area contributed by atoms with E-state index in [9.17, 15) is 4.79 Å². The molecule has 0 spiro atoms. The van der Waals surface area contributed by atoms with E-state index in [1.54, 1.807) is 0 Å². The summed E-state index contributed by atoms with van der Waals surface area (Å²) in [7, 11) is -1.20. The second kappa shape index (κ2) is 6.83. The Hall–Kier alpha value is -0.573. The summed E-state index contributed by atoms with van der Waals surface area (Å²) in [6.07, 6.45) is 1.98. The maximum atomic E-state index is 10.7. The van der Waals surface area contributed by atoms with Gasteiger partial charge in [-0.25, -0.2) is 0 Å². The van der Waals surface area contributed by atoms with E-state index in [0.29, 0.717) is 0 Å². The molecule has 0 bridgehead atoms. The van der Waals surface area contributed by atoms with Gasteiger partial charge in [0.05, 0.1) is 8.07 Å². The average Bonchev–Trinajstić information content (AvgIpc) is 2.20. The highest BCUT2D eigenvalue weighted by molar-refractivity contribution is 6.84. The van der Waals surface area contributed by atoms with Crippen LogP contribution < -0.4 is 0 Å². The van der Waals surface area contributed by atoms with Gasteiger partial charge in [-0.05, 0) is 6.92 Å². The molecular weight excluding hydrogens is 204 g/mol. The summed E-state index contributed by atoms with van der Waals surface area (Å²) in [6.45, 7) is 10.2. The Kier molecular flexibility index (Phi) is 6.57. The van der Waals surface area contributed by atoms with Crippen molar-refractivity contribution in [1.82, 2.24) is 0 Å². The van der Waals surface area contributed by atoms with Crippen molar-refractivity contribution in [2.24, 2.45) is 0 Å². The standard InChI is InChI=1S/C12H24O2Si/c1-6-15(7-2,8-3)10-9-11(4)14-12(5)13/h9-11H,6-8H2,1-5H3/b10-9+. The van der Waals surface area contributed by atoms with Gasteiger partial charge in [0, 0.05) is 6.92 Å². The van der Waals surface area contributed by atoms with Gasteiger partial charge >= 0.3 is 5.97 Å². The first-order valence-corrected chi connectivity index (χ1v) is 8.56. The van der Waals surface area contributed by atoms with Gasteiger partial charge in [0.25, 0.3) is 0 Å². The number of hydrogen-bond donors (Lipinski definition) is 0. The first-order chi connectivity index (χ1) is 6.99. The normalized spacial score (nSPS) is 14.2. The Morgan fingerprint density at radius 1 is 1.27 bits per heavy atom. The molecule has 0 amide bonds. The molecule has 0 aromatic heterocycles. The molecule has 1 atom stereocenters. The summed E-state index contributed by atoms with van der Waals surface area (Å²) in [5.41, 5.74) is 2.35. The topological polar surface area (TPSA) is 26.3 Å². The molecule has 0 fully saturated rings. The third-order valence-corrected chi connectivity index (χ3v) is 8.31. The fourth-order valence-corrected chi connectivity index (χ4v) is 4.63. The molecule has 0 rings (SSSR count). The Bertz CT molecular complexity index is 211. The Morgan fingerprint density at radius 3 is 2.07 bits per heavy atom. The van der Waals surface area contributed by atoms with Crippen LogP contribution in [0.2, 0.25) is 18.1 Å². The summed E-state index contributed by atoms with van der Waals surface area (Å²) in [5, 5.41) is 0. The SMILES string of the molecule is CC[Si](/C=C/C(C)OC(C)=O)(CC)CC. The van der Waals surface area contributed by atoms with Gasteiger partial charge in [0.1, 0.15) is 6.10 Å². The molecule has 0 N–H and O–H groups in total. The van der Waals surface area contributed by atoms with Crippen LogP contribution in [0.1, 0.15) is 34.6 Å². The molecule has 0 aliphatic carbocycles. The predicted molar refractivity (Wildman–Crippen MR) is 67.6 cm³/mol. The lowest BCUT2D eigenvalue weighted by Crippen LogP contribution is -2.29. The summed E-state index contributed by atoms with van der Waals surface area (Å²) in [4.78, 5) is 10.7. The van der Waals surface area contributed by atoms with E-state index in [1.165, 1.54) is 25.1 Å². The van der Waals surface area contributed by atoms with Crippen molar-refractivity contribution < 1.29 is 9.53 Å². The van der Waals surface area contributed by atoms with E-state index in [-0.39, 0.29) is 12.1 Å². The van der Waals surface area contributed by atoms with Gasteiger partial charge in [0.15, 0.2) is 0 Å². The Labute approximate surface area is 94.7 Å². The quantitative estimate of drug-likeness (QED) is 0.513. The number of esters is 1. The molecule has 0 aromatic rings. The number of ether oxygens (including phenoxy) is 1. The molecule has 2 nitrogen and oxygen atoms in total. The van der Waals surface area contributed by atoms with E-state index < -0.39 is 8.07 Å². The maximum absolute atomic E-state index is 10.7. The largest absolute Gasteiger partial charge is 0.459 e. The highest BCUT2D eigenvalue weighted by atomic mass is 28.3. The van der Waals surface area contributed by atoms with Gasteiger partial charge in [-0.3, -0.25) is 4.79 Å². The first-order valence-electron chi connectivity index (χ1n) is 5.86. The minimum absolute atomic E-state index is 0.0842. The molecule has 3 heteroatoms. The third-order valence-electron chi connectivity index (χ3n) is 3.19. The molecule has 1 unspecified atom stereocenters. The number of carbonyl (C=O) groups is 1. The van der Waals surface area contributed by atoms with Crippen molar-refractivity contribution in [3.8, 4) is 0 Å². The van der Waals surface area contributed by atoms with Crippen molar-refractivity contribution in [3.05, 3.63) is 11.8 Å². The van der Waals surface area contributed by atoms with E-state index in [4.69, 9.17) is 4.74 Å². The monoisotopic (exact) mass is 228 g/mol. The molecule has 0 heterocycles. The minimum atomic E-state index is -1.20.